The smallest absolute Gasteiger partial charge is 0.335 e. The highest BCUT2D eigenvalue weighted by atomic mass is 79.9. The van der Waals surface area contributed by atoms with E-state index < -0.39 is 17.8 Å². The largest absolute Gasteiger partial charge is 0.488 e. The van der Waals surface area contributed by atoms with E-state index in [1.807, 2.05) is 43.3 Å². The third-order valence-corrected chi connectivity index (χ3v) is 6.71. The standard InChI is InChI=1S/C26H20Br2N2O4/c1-15-7-8-16(2)22(11-15)30-25(32)19(24(31)29-26(30)33)12-17-9-10-23(21(28)13-17)34-14-18-5-3-4-6-20(18)27/h3-13H,14H2,1-2H3,(H,29,31,33)/b19-12+. The molecule has 0 aromatic heterocycles. The first-order chi connectivity index (χ1) is 16.2. The summed E-state index contributed by atoms with van der Waals surface area (Å²) in [7, 11) is 0. The average molecular weight is 584 g/mol. The van der Waals surface area contributed by atoms with Crippen molar-refractivity contribution in [3.8, 4) is 5.75 Å². The van der Waals surface area contributed by atoms with Crippen molar-refractivity contribution in [1.29, 1.82) is 0 Å². The quantitative estimate of drug-likeness (QED) is 0.292. The summed E-state index contributed by atoms with van der Waals surface area (Å²) in [6.45, 7) is 4.04. The van der Waals surface area contributed by atoms with Crippen LogP contribution in [0.3, 0.4) is 0 Å². The SMILES string of the molecule is Cc1ccc(C)c(N2C(=O)NC(=O)/C(=C\c3ccc(OCc4ccccc4Br)c(Br)c3)C2=O)c1. The Labute approximate surface area is 213 Å². The van der Waals surface area contributed by atoms with E-state index >= 15 is 0 Å². The third-order valence-electron chi connectivity index (χ3n) is 5.32. The molecule has 172 valence electrons. The van der Waals surface area contributed by atoms with Crippen LogP contribution in [0.15, 0.2) is 75.2 Å². The van der Waals surface area contributed by atoms with Gasteiger partial charge in [0.15, 0.2) is 0 Å². The number of benzene rings is 3. The molecular formula is C26H20Br2N2O4. The lowest BCUT2D eigenvalue weighted by atomic mass is 10.0. The van der Waals surface area contributed by atoms with Crippen molar-refractivity contribution in [2.75, 3.05) is 4.90 Å². The number of halogens is 2. The predicted octanol–water partition coefficient (Wildman–Crippen LogP) is 6.07. The monoisotopic (exact) mass is 582 g/mol. The normalized spacial score (nSPS) is 15.0. The first-order valence-corrected chi connectivity index (χ1v) is 12.0. The van der Waals surface area contributed by atoms with Crippen LogP contribution in [-0.4, -0.2) is 17.8 Å². The van der Waals surface area contributed by atoms with Crippen LogP contribution in [0.2, 0.25) is 0 Å². The van der Waals surface area contributed by atoms with Gasteiger partial charge >= 0.3 is 6.03 Å². The fraction of sp³-hybridized carbons (Fsp3) is 0.115. The second-order valence-electron chi connectivity index (χ2n) is 7.82. The summed E-state index contributed by atoms with van der Waals surface area (Å²) in [6.07, 6.45) is 1.46. The van der Waals surface area contributed by atoms with Gasteiger partial charge in [-0.05, 0) is 76.8 Å². The number of rotatable bonds is 5. The summed E-state index contributed by atoms with van der Waals surface area (Å²) in [4.78, 5) is 39.2. The summed E-state index contributed by atoms with van der Waals surface area (Å²) in [5.41, 5.74) is 3.56. The summed E-state index contributed by atoms with van der Waals surface area (Å²) in [5, 5.41) is 2.26. The number of hydrogen-bond donors (Lipinski definition) is 1. The zero-order chi connectivity index (χ0) is 24.4. The number of nitrogens with zero attached hydrogens (tertiary/aromatic N) is 1. The zero-order valence-electron chi connectivity index (χ0n) is 18.4. The number of anilines is 1. The molecule has 4 rings (SSSR count). The number of ether oxygens (including phenoxy) is 1. The second kappa shape index (κ2) is 9.95. The minimum atomic E-state index is -0.766. The topological polar surface area (TPSA) is 75.7 Å². The molecule has 1 heterocycles. The second-order valence-corrected chi connectivity index (χ2v) is 9.53. The molecule has 1 N–H and O–H groups in total. The van der Waals surface area contributed by atoms with Gasteiger partial charge in [0.2, 0.25) is 0 Å². The highest BCUT2D eigenvalue weighted by Crippen LogP contribution is 2.30. The van der Waals surface area contributed by atoms with Crippen LogP contribution in [0.1, 0.15) is 22.3 Å². The summed E-state index contributed by atoms with van der Waals surface area (Å²) >= 11 is 7.00. The predicted molar refractivity (Wildman–Crippen MR) is 138 cm³/mol. The molecule has 0 bridgehead atoms. The van der Waals surface area contributed by atoms with Crippen LogP contribution < -0.4 is 15.0 Å². The van der Waals surface area contributed by atoms with E-state index in [0.717, 1.165) is 26.1 Å². The molecule has 0 radical (unpaired) electrons. The van der Waals surface area contributed by atoms with Crippen molar-refractivity contribution < 1.29 is 19.1 Å². The van der Waals surface area contributed by atoms with Gasteiger partial charge < -0.3 is 4.74 Å². The molecular weight excluding hydrogens is 564 g/mol. The molecule has 0 aliphatic carbocycles. The Bertz CT molecular complexity index is 1350. The van der Waals surface area contributed by atoms with Crippen LogP contribution in [0.4, 0.5) is 10.5 Å². The van der Waals surface area contributed by atoms with Crippen LogP contribution >= 0.6 is 31.9 Å². The van der Waals surface area contributed by atoms with E-state index in [0.29, 0.717) is 28.1 Å². The van der Waals surface area contributed by atoms with Crippen LogP contribution in [0, 0.1) is 13.8 Å². The Balaban J connectivity index is 1.60. The van der Waals surface area contributed by atoms with Gasteiger partial charge in [0.1, 0.15) is 17.9 Å². The molecule has 1 aliphatic rings. The number of nitrogens with one attached hydrogen (secondary N) is 1. The summed E-state index contributed by atoms with van der Waals surface area (Å²) in [5.74, 6) is -0.792. The van der Waals surface area contributed by atoms with E-state index in [1.165, 1.54) is 6.08 Å². The van der Waals surface area contributed by atoms with Crippen molar-refractivity contribution in [1.82, 2.24) is 5.32 Å². The molecule has 3 aromatic rings. The summed E-state index contributed by atoms with van der Waals surface area (Å²) in [6, 6.07) is 17.7. The molecule has 34 heavy (non-hydrogen) atoms. The van der Waals surface area contributed by atoms with E-state index in [4.69, 9.17) is 4.74 Å². The summed E-state index contributed by atoms with van der Waals surface area (Å²) < 4.78 is 7.53. The average Bonchev–Trinajstić information content (AvgIpc) is 2.79. The number of imide groups is 2. The fourth-order valence-corrected chi connectivity index (χ4v) is 4.41. The Hall–Kier alpha value is -3.23. The molecule has 3 aromatic carbocycles. The maximum absolute atomic E-state index is 13.2. The Morgan fingerprint density at radius 1 is 0.941 bits per heavy atom. The van der Waals surface area contributed by atoms with Gasteiger partial charge in [0.25, 0.3) is 11.8 Å². The number of barbiturate groups is 1. The van der Waals surface area contributed by atoms with Gasteiger partial charge in [-0.15, -0.1) is 0 Å². The Kier molecular flexibility index (Phi) is 7.00. The highest BCUT2D eigenvalue weighted by Gasteiger charge is 2.37. The van der Waals surface area contributed by atoms with Gasteiger partial charge in [-0.3, -0.25) is 14.9 Å². The van der Waals surface area contributed by atoms with Crippen LogP contribution in [0.5, 0.6) is 5.75 Å². The maximum Gasteiger partial charge on any atom is 0.335 e. The van der Waals surface area contributed by atoms with E-state index in [2.05, 4.69) is 37.2 Å². The number of hydrogen-bond acceptors (Lipinski definition) is 4. The van der Waals surface area contributed by atoms with E-state index in [9.17, 15) is 14.4 Å². The maximum atomic E-state index is 13.2. The first kappa shape index (κ1) is 23.9. The van der Waals surface area contributed by atoms with Crippen molar-refractivity contribution in [2.45, 2.75) is 20.5 Å². The van der Waals surface area contributed by atoms with E-state index in [-0.39, 0.29) is 5.57 Å². The molecule has 1 saturated heterocycles. The number of carbonyl (C=O) groups is 3. The first-order valence-electron chi connectivity index (χ1n) is 10.4. The van der Waals surface area contributed by atoms with Gasteiger partial charge in [0, 0.05) is 10.0 Å². The number of carbonyl (C=O) groups excluding carboxylic acids is 3. The molecule has 1 fully saturated rings. The Morgan fingerprint density at radius 3 is 2.44 bits per heavy atom. The lowest BCUT2D eigenvalue weighted by Crippen LogP contribution is -2.54. The van der Waals surface area contributed by atoms with Gasteiger partial charge in [-0.25, -0.2) is 9.69 Å². The highest BCUT2D eigenvalue weighted by molar-refractivity contribution is 9.10. The number of urea groups is 1. The van der Waals surface area contributed by atoms with Gasteiger partial charge in [-0.1, -0.05) is 52.3 Å². The molecule has 0 spiro atoms. The van der Waals surface area contributed by atoms with Gasteiger partial charge in [-0.2, -0.15) is 0 Å². The minimum Gasteiger partial charge on any atom is -0.488 e. The van der Waals surface area contributed by atoms with Crippen LogP contribution in [0.25, 0.3) is 6.08 Å². The number of amides is 4. The van der Waals surface area contributed by atoms with E-state index in [1.54, 1.807) is 31.2 Å². The molecule has 8 heteroatoms. The Morgan fingerprint density at radius 2 is 1.71 bits per heavy atom. The zero-order valence-corrected chi connectivity index (χ0v) is 21.6. The molecule has 4 amide bonds. The van der Waals surface area contributed by atoms with Crippen molar-refractivity contribution in [3.05, 3.63) is 97.4 Å². The minimum absolute atomic E-state index is 0.130. The van der Waals surface area contributed by atoms with Crippen LogP contribution in [-0.2, 0) is 16.2 Å². The number of aryl methyl sites for hydroxylation is 2. The molecule has 1 aliphatic heterocycles. The van der Waals surface area contributed by atoms with Crippen molar-refractivity contribution >= 4 is 61.5 Å². The fourth-order valence-electron chi connectivity index (χ4n) is 3.50. The molecule has 0 unspecified atom stereocenters. The molecule has 0 saturated carbocycles. The molecule has 0 atom stereocenters. The van der Waals surface area contributed by atoms with Crippen molar-refractivity contribution in [2.24, 2.45) is 0 Å². The van der Waals surface area contributed by atoms with Crippen molar-refractivity contribution in [3.63, 3.8) is 0 Å². The lowest BCUT2D eigenvalue weighted by Gasteiger charge is -2.27. The van der Waals surface area contributed by atoms with Gasteiger partial charge in [0.05, 0.1) is 10.2 Å². The third kappa shape index (κ3) is 4.98. The lowest BCUT2D eigenvalue weighted by molar-refractivity contribution is -0.122. The molecule has 6 nitrogen and oxygen atoms in total.